The summed E-state index contributed by atoms with van der Waals surface area (Å²) in [5.41, 5.74) is 0.939. The standard InChI is InChI=1S/C24H35N3O6S/c1-4-17(3)21(25-34(32,33)19-9-7-16(2)8-10-19)23(29)26-14-11-18(12-15-26)22(28)27-13-5-6-20(27)24(30)31/h7-10,17-18,20-21,25H,4-6,11-15H2,1-3H3,(H,30,31)/t17-,20+,21+/m1/s1. The number of hydrogen-bond donors (Lipinski definition) is 2. The largest absolute Gasteiger partial charge is 0.480 e. The molecule has 2 aliphatic heterocycles. The van der Waals surface area contributed by atoms with Crippen molar-refractivity contribution in [2.24, 2.45) is 11.8 Å². The lowest BCUT2D eigenvalue weighted by Crippen LogP contribution is -2.54. The molecule has 0 unspecified atom stereocenters. The molecule has 3 atom stereocenters. The van der Waals surface area contributed by atoms with Crippen molar-refractivity contribution in [3.63, 3.8) is 0 Å². The molecule has 0 bridgehead atoms. The lowest BCUT2D eigenvalue weighted by Gasteiger charge is -2.36. The number of aryl methyl sites for hydroxylation is 1. The molecule has 2 N–H and O–H groups in total. The second-order valence-electron chi connectivity index (χ2n) is 9.42. The Morgan fingerprint density at radius 3 is 2.26 bits per heavy atom. The van der Waals surface area contributed by atoms with Gasteiger partial charge in [0, 0.05) is 25.6 Å². The topological polar surface area (TPSA) is 124 Å². The molecule has 0 radical (unpaired) electrons. The summed E-state index contributed by atoms with van der Waals surface area (Å²) in [6, 6.07) is 4.81. The van der Waals surface area contributed by atoms with Crippen molar-refractivity contribution >= 4 is 27.8 Å². The van der Waals surface area contributed by atoms with Gasteiger partial charge in [-0.3, -0.25) is 9.59 Å². The van der Waals surface area contributed by atoms with E-state index in [4.69, 9.17) is 0 Å². The van der Waals surface area contributed by atoms with E-state index in [1.807, 2.05) is 20.8 Å². The van der Waals surface area contributed by atoms with Crippen LogP contribution in [0.25, 0.3) is 0 Å². The lowest BCUT2D eigenvalue weighted by atomic mass is 9.93. The van der Waals surface area contributed by atoms with Gasteiger partial charge in [0.25, 0.3) is 0 Å². The number of carboxylic acids is 1. The van der Waals surface area contributed by atoms with Crippen LogP contribution < -0.4 is 4.72 Å². The quantitative estimate of drug-likeness (QED) is 0.571. The number of nitrogens with one attached hydrogen (secondary N) is 1. The summed E-state index contributed by atoms with van der Waals surface area (Å²) in [6.07, 6.45) is 2.64. The van der Waals surface area contributed by atoms with Crippen LogP contribution in [0.1, 0.15) is 51.5 Å². The van der Waals surface area contributed by atoms with Gasteiger partial charge < -0.3 is 14.9 Å². The maximum absolute atomic E-state index is 13.4. The molecule has 2 amide bonds. The highest BCUT2D eigenvalue weighted by Crippen LogP contribution is 2.26. The molecule has 3 rings (SSSR count). The normalized spacial score (nSPS) is 21.3. The fourth-order valence-electron chi connectivity index (χ4n) is 4.66. The van der Waals surface area contributed by atoms with E-state index in [9.17, 15) is 27.9 Å². The lowest BCUT2D eigenvalue weighted by molar-refractivity contribution is -0.151. The van der Waals surface area contributed by atoms with Crippen LogP contribution in [0.2, 0.25) is 0 Å². The second kappa shape index (κ2) is 10.9. The zero-order valence-corrected chi connectivity index (χ0v) is 20.9. The molecule has 0 spiro atoms. The fourth-order valence-corrected chi connectivity index (χ4v) is 5.96. The molecule has 2 heterocycles. The highest BCUT2D eigenvalue weighted by molar-refractivity contribution is 7.89. The maximum atomic E-state index is 13.4. The summed E-state index contributed by atoms with van der Waals surface area (Å²) >= 11 is 0. The Morgan fingerprint density at radius 1 is 1.09 bits per heavy atom. The maximum Gasteiger partial charge on any atom is 0.326 e. The average Bonchev–Trinajstić information content (AvgIpc) is 3.32. The molecule has 1 aromatic rings. The van der Waals surface area contributed by atoms with Gasteiger partial charge in [-0.25, -0.2) is 13.2 Å². The van der Waals surface area contributed by atoms with Crippen LogP contribution in [0.5, 0.6) is 0 Å². The number of nitrogens with zero attached hydrogens (tertiary/aromatic N) is 2. The van der Waals surface area contributed by atoms with Gasteiger partial charge >= 0.3 is 5.97 Å². The Bertz CT molecular complexity index is 1000. The molecule has 2 fully saturated rings. The molecule has 0 aliphatic carbocycles. The van der Waals surface area contributed by atoms with E-state index in [1.54, 1.807) is 17.0 Å². The molecule has 0 saturated carbocycles. The molecule has 34 heavy (non-hydrogen) atoms. The summed E-state index contributed by atoms with van der Waals surface area (Å²) in [5, 5.41) is 9.37. The SMILES string of the molecule is CC[C@@H](C)[C@H](NS(=O)(=O)c1ccc(C)cc1)C(=O)N1CCC(C(=O)N2CCC[C@H]2C(=O)O)CC1. The Kier molecular flexibility index (Phi) is 8.35. The number of rotatable bonds is 8. The number of carbonyl (C=O) groups excluding carboxylic acids is 2. The van der Waals surface area contributed by atoms with Gasteiger partial charge in [0.1, 0.15) is 12.1 Å². The number of carbonyl (C=O) groups is 3. The monoisotopic (exact) mass is 493 g/mol. The van der Waals surface area contributed by atoms with Crippen LogP contribution in [0.15, 0.2) is 29.2 Å². The Morgan fingerprint density at radius 2 is 1.71 bits per heavy atom. The molecule has 9 nitrogen and oxygen atoms in total. The zero-order valence-electron chi connectivity index (χ0n) is 20.1. The second-order valence-corrected chi connectivity index (χ2v) is 11.1. The molecule has 2 saturated heterocycles. The van der Waals surface area contributed by atoms with Crippen molar-refractivity contribution < 1.29 is 27.9 Å². The highest BCUT2D eigenvalue weighted by atomic mass is 32.2. The summed E-state index contributed by atoms with van der Waals surface area (Å²) in [4.78, 5) is 40.9. The van der Waals surface area contributed by atoms with Gasteiger partial charge in [-0.05, 0) is 50.7 Å². The third-order valence-corrected chi connectivity index (χ3v) is 8.53. The Labute approximate surface area is 201 Å². The number of sulfonamides is 1. The number of benzene rings is 1. The van der Waals surface area contributed by atoms with Crippen LogP contribution in [-0.2, 0) is 24.4 Å². The molecule has 188 valence electrons. The smallest absolute Gasteiger partial charge is 0.326 e. The molecule has 0 aromatic heterocycles. The Balaban J connectivity index is 1.66. The zero-order chi connectivity index (χ0) is 25.0. The van der Waals surface area contributed by atoms with E-state index >= 15 is 0 Å². The highest BCUT2D eigenvalue weighted by Gasteiger charge is 2.40. The first kappa shape index (κ1) is 26.2. The third kappa shape index (κ3) is 5.78. The van der Waals surface area contributed by atoms with E-state index < -0.39 is 28.1 Å². The number of hydrogen-bond acceptors (Lipinski definition) is 5. The number of aliphatic carboxylic acids is 1. The number of piperidine rings is 1. The van der Waals surface area contributed by atoms with E-state index in [1.165, 1.54) is 17.0 Å². The van der Waals surface area contributed by atoms with Crippen LogP contribution in [0, 0.1) is 18.8 Å². The molecule has 1 aromatic carbocycles. The van der Waals surface area contributed by atoms with Crippen molar-refractivity contribution in [2.75, 3.05) is 19.6 Å². The van der Waals surface area contributed by atoms with Gasteiger partial charge in [0.15, 0.2) is 0 Å². The summed E-state index contributed by atoms with van der Waals surface area (Å²) in [6.45, 7) is 6.74. The van der Waals surface area contributed by atoms with Crippen molar-refractivity contribution in [3.05, 3.63) is 29.8 Å². The number of likely N-dealkylation sites (tertiary alicyclic amines) is 2. The number of carboxylic acid groups (broad SMARTS) is 1. The van der Waals surface area contributed by atoms with Crippen LogP contribution >= 0.6 is 0 Å². The van der Waals surface area contributed by atoms with Gasteiger partial charge in [0.05, 0.1) is 4.90 Å². The van der Waals surface area contributed by atoms with Gasteiger partial charge in [-0.15, -0.1) is 0 Å². The fraction of sp³-hybridized carbons (Fsp3) is 0.625. The van der Waals surface area contributed by atoms with E-state index in [2.05, 4.69) is 4.72 Å². The van der Waals surface area contributed by atoms with Crippen molar-refractivity contribution in [2.45, 2.75) is 69.9 Å². The van der Waals surface area contributed by atoms with Gasteiger partial charge in [-0.1, -0.05) is 38.0 Å². The molecular weight excluding hydrogens is 458 g/mol. The predicted molar refractivity (Wildman–Crippen MR) is 126 cm³/mol. The van der Waals surface area contributed by atoms with Crippen molar-refractivity contribution in [1.82, 2.24) is 14.5 Å². The Hall–Kier alpha value is -2.46. The molecule has 2 aliphatic rings. The van der Waals surface area contributed by atoms with Crippen molar-refractivity contribution in [1.29, 1.82) is 0 Å². The van der Waals surface area contributed by atoms with E-state index in [0.717, 1.165) is 5.56 Å². The number of amides is 2. The average molecular weight is 494 g/mol. The molecule has 10 heteroatoms. The van der Waals surface area contributed by atoms with E-state index in [-0.39, 0.29) is 28.5 Å². The van der Waals surface area contributed by atoms with Gasteiger partial charge in [0.2, 0.25) is 21.8 Å². The summed E-state index contributed by atoms with van der Waals surface area (Å²) < 4.78 is 28.5. The predicted octanol–water partition coefficient (Wildman–Crippen LogP) is 2.00. The third-order valence-electron chi connectivity index (χ3n) is 7.07. The first-order chi connectivity index (χ1) is 16.0. The van der Waals surface area contributed by atoms with Crippen LogP contribution in [-0.4, -0.2) is 72.8 Å². The minimum absolute atomic E-state index is 0.113. The van der Waals surface area contributed by atoms with E-state index in [0.29, 0.717) is 51.7 Å². The summed E-state index contributed by atoms with van der Waals surface area (Å²) in [7, 11) is -3.88. The van der Waals surface area contributed by atoms with Gasteiger partial charge in [-0.2, -0.15) is 4.72 Å². The van der Waals surface area contributed by atoms with Crippen molar-refractivity contribution in [3.8, 4) is 0 Å². The molecular formula is C24H35N3O6S. The first-order valence-electron chi connectivity index (χ1n) is 12.0. The minimum atomic E-state index is -3.88. The minimum Gasteiger partial charge on any atom is -0.480 e. The summed E-state index contributed by atoms with van der Waals surface area (Å²) in [5.74, 6) is -1.96. The van der Waals surface area contributed by atoms with Crippen LogP contribution in [0.3, 0.4) is 0 Å². The van der Waals surface area contributed by atoms with Crippen LogP contribution in [0.4, 0.5) is 0 Å². The first-order valence-corrected chi connectivity index (χ1v) is 13.4.